The minimum absolute atomic E-state index is 0.214. The molecule has 1 aliphatic rings. The molecule has 0 aliphatic heterocycles. The summed E-state index contributed by atoms with van der Waals surface area (Å²) in [6.07, 6.45) is 3.11. The molecule has 3 rings (SSSR count). The molecule has 0 saturated heterocycles. The summed E-state index contributed by atoms with van der Waals surface area (Å²) in [5.74, 6) is 0.571. The molecule has 28 heavy (non-hydrogen) atoms. The number of aromatic amines is 1. The summed E-state index contributed by atoms with van der Waals surface area (Å²) < 4.78 is 0. The Morgan fingerprint density at radius 2 is 1.86 bits per heavy atom. The van der Waals surface area contributed by atoms with Crippen LogP contribution in [0.4, 0.5) is 0 Å². The Kier molecular flexibility index (Phi) is 6.96. The summed E-state index contributed by atoms with van der Waals surface area (Å²) in [5, 5.41) is 0.577. The van der Waals surface area contributed by atoms with Crippen molar-refractivity contribution >= 4 is 16.9 Å². The van der Waals surface area contributed by atoms with Crippen LogP contribution < -0.4 is 0 Å². The Balaban J connectivity index is 1.68. The zero-order chi connectivity index (χ0) is 20.3. The topological polar surface area (TPSA) is 52.2 Å². The molecule has 1 heterocycles. The monoisotopic (exact) mass is 400 g/mol. The normalized spacial score (nSPS) is 17.8. The van der Waals surface area contributed by atoms with E-state index in [1.165, 1.54) is 22.9 Å². The number of thioether (sulfide) groups is 1. The second-order valence-corrected chi connectivity index (χ2v) is 9.62. The average Bonchev–Trinajstić information content (AvgIpc) is 3.01. The number of carbonyl (C=O) groups is 1. The van der Waals surface area contributed by atoms with Crippen molar-refractivity contribution in [2.45, 2.75) is 50.4 Å². The number of nitrogens with zero attached hydrogens (tertiary/aromatic N) is 3. The first-order valence-electron chi connectivity index (χ1n) is 9.98. The van der Waals surface area contributed by atoms with E-state index in [0.29, 0.717) is 5.25 Å². The number of rotatable bonds is 7. The molecule has 1 aromatic carbocycles. The molecular weight excluding hydrogens is 368 g/mol. The number of aromatic nitrogens is 2. The minimum atomic E-state index is -0.223. The van der Waals surface area contributed by atoms with Crippen LogP contribution in [0, 0.1) is 0 Å². The number of carbonyl (C=O) groups excluding carboxylic acids is 1. The highest BCUT2D eigenvalue weighted by Crippen LogP contribution is 2.32. The van der Waals surface area contributed by atoms with Crippen LogP contribution in [0.15, 0.2) is 24.3 Å². The molecule has 0 fully saturated rings. The number of hydrogen-bond acceptors (Lipinski definition) is 5. The standard InChI is InChI=1S/C22H32N4OS/c1-15(21-23-19(13-25(2)3)20(24-21)14-26(4)5)22(27)28-18-11-10-16-8-6-7-9-17(16)12-18/h6-9,15,18H,10-14H2,1-5H3,(H,23,24). The zero-order valence-corrected chi connectivity index (χ0v) is 18.5. The summed E-state index contributed by atoms with van der Waals surface area (Å²) in [7, 11) is 8.18. The molecule has 5 nitrogen and oxygen atoms in total. The van der Waals surface area contributed by atoms with Gasteiger partial charge in [-0.1, -0.05) is 36.0 Å². The van der Waals surface area contributed by atoms with Crippen LogP contribution in [-0.2, 0) is 30.7 Å². The van der Waals surface area contributed by atoms with Gasteiger partial charge in [-0.15, -0.1) is 0 Å². The van der Waals surface area contributed by atoms with Gasteiger partial charge in [0.15, 0.2) is 5.12 Å². The van der Waals surface area contributed by atoms with Crippen molar-refractivity contribution in [1.29, 1.82) is 0 Å². The molecule has 1 N–H and O–H groups in total. The molecule has 0 amide bonds. The van der Waals surface area contributed by atoms with Crippen LogP contribution in [0.2, 0.25) is 0 Å². The van der Waals surface area contributed by atoms with Gasteiger partial charge in [0.25, 0.3) is 0 Å². The van der Waals surface area contributed by atoms with E-state index in [4.69, 9.17) is 4.98 Å². The van der Waals surface area contributed by atoms with Crippen molar-refractivity contribution in [1.82, 2.24) is 19.8 Å². The van der Waals surface area contributed by atoms with Gasteiger partial charge >= 0.3 is 0 Å². The lowest BCUT2D eigenvalue weighted by Gasteiger charge is -2.24. The minimum Gasteiger partial charge on any atom is -0.344 e. The quantitative estimate of drug-likeness (QED) is 0.771. The van der Waals surface area contributed by atoms with Gasteiger partial charge in [0, 0.05) is 18.3 Å². The van der Waals surface area contributed by atoms with Gasteiger partial charge in [0.05, 0.1) is 17.3 Å². The van der Waals surface area contributed by atoms with Crippen molar-refractivity contribution in [3.05, 3.63) is 52.6 Å². The third kappa shape index (κ3) is 5.25. The number of hydrogen-bond donors (Lipinski definition) is 1. The van der Waals surface area contributed by atoms with Gasteiger partial charge < -0.3 is 14.8 Å². The Labute approximate surface area is 172 Å². The van der Waals surface area contributed by atoms with Crippen LogP contribution in [0.1, 0.15) is 47.6 Å². The summed E-state index contributed by atoms with van der Waals surface area (Å²) >= 11 is 1.51. The molecule has 2 aromatic rings. The van der Waals surface area contributed by atoms with E-state index < -0.39 is 0 Å². The van der Waals surface area contributed by atoms with Crippen molar-refractivity contribution < 1.29 is 4.79 Å². The van der Waals surface area contributed by atoms with Gasteiger partial charge in [-0.2, -0.15) is 0 Å². The van der Waals surface area contributed by atoms with Gasteiger partial charge in [0.1, 0.15) is 5.82 Å². The number of fused-ring (bicyclic) bond motifs is 1. The zero-order valence-electron chi connectivity index (χ0n) is 17.7. The maximum atomic E-state index is 13.0. The predicted octanol–water partition coefficient (Wildman–Crippen LogP) is 3.45. The number of H-pyrrole nitrogens is 1. The fraction of sp³-hybridized carbons (Fsp3) is 0.545. The molecule has 2 atom stereocenters. The lowest BCUT2D eigenvalue weighted by Crippen LogP contribution is -2.20. The first-order valence-corrected chi connectivity index (χ1v) is 10.9. The van der Waals surface area contributed by atoms with E-state index in [1.54, 1.807) is 0 Å². The Hall–Kier alpha value is -1.63. The molecule has 0 spiro atoms. The molecular formula is C22H32N4OS. The molecule has 1 aromatic heterocycles. The van der Waals surface area contributed by atoms with Crippen molar-refractivity contribution in [3.63, 3.8) is 0 Å². The Morgan fingerprint density at radius 1 is 1.18 bits per heavy atom. The van der Waals surface area contributed by atoms with Crippen molar-refractivity contribution in [3.8, 4) is 0 Å². The molecule has 0 bridgehead atoms. The third-order valence-corrected chi connectivity index (χ3v) is 6.49. The molecule has 0 saturated carbocycles. The van der Waals surface area contributed by atoms with E-state index in [9.17, 15) is 4.79 Å². The summed E-state index contributed by atoms with van der Waals surface area (Å²) in [4.78, 5) is 25.4. The van der Waals surface area contributed by atoms with Gasteiger partial charge in [-0.25, -0.2) is 4.98 Å². The fourth-order valence-corrected chi connectivity index (χ4v) is 4.84. The van der Waals surface area contributed by atoms with E-state index in [2.05, 4.69) is 39.0 Å². The van der Waals surface area contributed by atoms with Gasteiger partial charge in [0.2, 0.25) is 0 Å². The molecule has 1 aliphatic carbocycles. The maximum Gasteiger partial charge on any atom is 0.199 e. The van der Waals surface area contributed by atoms with E-state index >= 15 is 0 Å². The van der Waals surface area contributed by atoms with Crippen LogP contribution in [0.3, 0.4) is 0 Å². The second-order valence-electron chi connectivity index (χ2n) is 8.31. The number of nitrogens with one attached hydrogen (secondary N) is 1. The molecule has 6 heteroatoms. The van der Waals surface area contributed by atoms with Crippen LogP contribution in [-0.4, -0.2) is 58.3 Å². The highest BCUT2D eigenvalue weighted by atomic mass is 32.2. The Morgan fingerprint density at radius 3 is 2.54 bits per heavy atom. The number of benzene rings is 1. The molecule has 0 radical (unpaired) electrons. The first kappa shape index (κ1) is 21.1. The SMILES string of the molecule is CC(C(=O)SC1CCc2ccccc2C1)c1nc(CN(C)C)c(CN(C)C)[nH]1. The average molecular weight is 401 g/mol. The summed E-state index contributed by atoms with van der Waals surface area (Å²) in [6, 6.07) is 8.61. The van der Waals surface area contributed by atoms with Crippen molar-refractivity contribution in [2.75, 3.05) is 28.2 Å². The lowest BCUT2D eigenvalue weighted by atomic mass is 9.92. The highest BCUT2D eigenvalue weighted by Gasteiger charge is 2.27. The second kappa shape index (κ2) is 9.25. The van der Waals surface area contributed by atoms with E-state index in [-0.39, 0.29) is 11.0 Å². The lowest BCUT2D eigenvalue weighted by molar-refractivity contribution is -0.112. The number of aryl methyl sites for hydroxylation is 1. The van der Waals surface area contributed by atoms with Gasteiger partial charge in [-0.3, -0.25) is 4.79 Å². The van der Waals surface area contributed by atoms with Crippen LogP contribution >= 0.6 is 11.8 Å². The largest absolute Gasteiger partial charge is 0.344 e. The van der Waals surface area contributed by atoms with Crippen LogP contribution in [0.5, 0.6) is 0 Å². The third-order valence-electron chi connectivity index (χ3n) is 5.17. The summed E-state index contributed by atoms with van der Waals surface area (Å²) in [6.45, 7) is 3.54. The fourth-order valence-electron chi connectivity index (χ4n) is 3.69. The van der Waals surface area contributed by atoms with Gasteiger partial charge in [-0.05, 0) is 65.5 Å². The van der Waals surface area contributed by atoms with E-state index in [1.807, 2.05) is 35.1 Å². The van der Waals surface area contributed by atoms with Crippen LogP contribution in [0.25, 0.3) is 0 Å². The highest BCUT2D eigenvalue weighted by molar-refractivity contribution is 8.14. The van der Waals surface area contributed by atoms with Crippen molar-refractivity contribution in [2.24, 2.45) is 0 Å². The van der Waals surface area contributed by atoms with E-state index in [0.717, 1.165) is 49.6 Å². The smallest absolute Gasteiger partial charge is 0.199 e. The number of imidazole rings is 1. The first-order chi connectivity index (χ1) is 13.3. The Bertz CT molecular complexity index is 787. The molecule has 152 valence electrons. The maximum absolute atomic E-state index is 13.0. The predicted molar refractivity (Wildman–Crippen MR) is 117 cm³/mol. The molecule has 2 unspecified atom stereocenters. The summed E-state index contributed by atoms with van der Waals surface area (Å²) in [5.41, 5.74) is 4.97.